The topological polar surface area (TPSA) is 85.8 Å². The fourth-order valence-corrected chi connectivity index (χ4v) is 2.66. The fraction of sp³-hybridized carbons (Fsp3) is 0.286. The Balaban J connectivity index is 2.11. The van der Waals surface area contributed by atoms with Crippen molar-refractivity contribution in [3.05, 3.63) is 40.8 Å². The minimum absolute atomic E-state index is 0.244. The molecule has 1 aliphatic carbocycles. The van der Waals surface area contributed by atoms with E-state index in [-0.39, 0.29) is 10.9 Å². The zero-order valence-corrected chi connectivity index (χ0v) is 12.4. The highest BCUT2D eigenvalue weighted by Gasteiger charge is 2.19. The lowest BCUT2D eigenvalue weighted by molar-refractivity contribution is 0.0957. The Morgan fingerprint density at radius 2 is 2.29 bits per heavy atom. The number of nitrogens with two attached hydrogens (primary N) is 1. The molecule has 0 atom stereocenters. The second kappa shape index (κ2) is 5.25. The Morgan fingerprint density at radius 1 is 1.48 bits per heavy atom. The van der Waals surface area contributed by atoms with E-state index in [9.17, 15) is 4.79 Å². The molecule has 0 aromatic carbocycles. The molecule has 7 heteroatoms. The van der Waals surface area contributed by atoms with Gasteiger partial charge in [0.25, 0.3) is 5.91 Å². The second-order valence-corrected chi connectivity index (χ2v) is 5.35. The molecule has 2 heterocycles. The highest BCUT2D eigenvalue weighted by atomic mass is 32.1. The smallest absolute Gasteiger partial charge is 0.271 e. The molecule has 0 saturated carbocycles. The average Bonchev–Trinajstić information content (AvgIpc) is 3.13. The number of nitrogens with one attached hydrogen (secondary N) is 1. The van der Waals surface area contributed by atoms with Gasteiger partial charge in [-0.25, -0.2) is 9.67 Å². The van der Waals surface area contributed by atoms with E-state index in [0.29, 0.717) is 17.1 Å². The predicted octanol–water partition coefficient (Wildman–Crippen LogP) is 0.750. The van der Waals surface area contributed by atoms with Crippen molar-refractivity contribution in [2.45, 2.75) is 19.3 Å². The lowest BCUT2D eigenvalue weighted by atomic mass is 10.1. The first-order valence-electron chi connectivity index (χ1n) is 6.71. The third-order valence-corrected chi connectivity index (χ3v) is 3.78. The number of fused-ring (bicyclic) bond motifs is 1. The van der Waals surface area contributed by atoms with Crippen molar-refractivity contribution in [2.24, 2.45) is 5.73 Å². The number of hydrogen-bond donors (Lipinski definition) is 2. The van der Waals surface area contributed by atoms with Crippen molar-refractivity contribution < 1.29 is 4.79 Å². The molecule has 3 rings (SSSR count). The molecule has 0 fully saturated rings. The molecule has 21 heavy (non-hydrogen) atoms. The van der Waals surface area contributed by atoms with Gasteiger partial charge in [-0.2, -0.15) is 5.10 Å². The van der Waals surface area contributed by atoms with Crippen molar-refractivity contribution in [3.63, 3.8) is 0 Å². The van der Waals surface area contributed by atoms with Crippen LogP contribution in [0.2, 0.25) is 0 Å². The molecule has 2 aromatic rings. The minimum Gasteiger partial charge on any atom is -0.389 e. The van der Waals surface area contributed by atoms with Crippen LogP contribution in [0.1, 0.15) is 33.7 Å². The number of carbonyl (C=O) groups excluding carboxylic acids is 1. The lowest BCUT2D eigenvalue weighted by Crippen LogP contribution is -2.20. The third-order valence-electron chi connectivity index (χ3n) is 3.56. The summed E-state index contributed by atoms with van der Waals surface area (Å²) in [5, 5.41) is 6.79. The molecule has 0 bridgehead atoms. The number of hydrogen-bond acceptors (Lipinski definition) is 4. The van der Waals surface area contributed by atoms with E-state index >= 15 is 0 Å². The van der Waals surface area contributed by atoms with E-state index in [1.807, 2.05) is 6.07 Å². The molecular weight excluding hydrogens is 286 g/mol. The lowest BCUT2D eigenvalue weighted by Gasteiger charge is -2.10. The van der Waals surface area contributed by atoms with Gasteiger partial charge in [0.15, 0.2) is 11.5 Å². The number of aromatic nitrogens is 3. The van der Waals surface area contributed by atoms with E-state index in [1.54, 1.807) is 24.0 Å². The van der Waals surface area contributed by atoms with Gasteiger partial charge in [0.1, 0.15) is 4.99 Å². The number of aryl methyl sites for hydroxylation is 2. The van der Waals surface area contributed by atoms with Crippen LogP contribution >= 0.6 is 12.2 Å². The SMILES string of the molecule is CNC(=O)c1ccn(-c2nc3c(cc2C(N)=S)CCC3)n1. The van der Waals surface area contributed by atoms with Gasteiger partial charge in [-0.15, -0.1) is 0 Å². The highest BCUT2D eigenvalue weighted by Crippen LogP contribution is 2.24. The van der Waals surface area contributed by atoms with Crippen molar-refractivity contribution in [1.82, 2.24) is 20.1 Å². The molecule has 0 aliphatic heterocycles. The number of carbonyl (C=O) groups is 1. The Labute approximate surface area is 127 Å². The number of thiocarbonyl (C=S) groups is 1. The molecule has 1 aliphatic rings. The van der Waals surface area contributed by atoms with Crippen LogP contribution in [0.3, 0.4) is 0 Å². The summed E-state index contributed by atoms with van der Waals surface area (Å²) in [7, 11) is 1.56. The Hall–Kier alpha value is -2.28. The van der Waals surface area contributed by atoms with E-state index in [2.05, 4.69) is 15.4 Å². The summed E-state index contributed by atoms with van der Waals surface area (Å²) in [6, 6.07) is 3.63. The maximum absolute atomic E-state index is 11.6. The van der Waals surface area contributed by atoms with E-state index in [0.717, 1.165) is 25.0 Å². The molecule has 0 spiro atoms. The summed E-state index contributed by atoms with van der Waals surface area (Å²) in [6.45, 7) is 0. The molecule has 3 N–H and O–H groups in total. The standard InChI is InChI=1S/C14H15N5OS/c1-16-14(20)11-5-6-19(18-11)13-9(12(15)21)7-8-3-2-4-10(8)17-13/h5-7H,2-4H2,1H3,(H2,15,21)(H,16,20). The van der Waals surface area contributed by atoms with E-state index < -0.39 is 0 Å². The van der Waals surface area contributed by atoms with Crippen LogP contribution < -0.4 is 11.1 Å². The summed E-state index contributed by atoms with van der Waals surface area (Å²) in [5.74, 6) is 0.338. The summed E-state index contributed by atoms with van der Waals surface area (Å²) in [4.78, 5) is 16.5. The molecular formula is C14H15N5OS. The summed E-state index contributed by atoms with van der Waals surface area (Å²) in [5.41, 5.74) is 9.08. The van der Waals surface area contributed by atoms with Gasteiger partial charge in [0.05, 0.1) is 5.56 Å². The second-order valence-electron chi connectivity index (χ2n) is 4.91. The average molecular weight is 301 g/mol. The van der Waals surface area contributed by atoms with Gasteiger partial charge >= 0.3 is 0 Å². The Morgan fingerprint density at radius 3 is 3.00 bits per heavy atom. The fourth-order valence-electron chi connectivity index (χ4n) is 2.51. The Kier molecular flexibility index (Phi) is 3.42. The first-order chi connectivity index (χ1) is 10.1. The molecule has 0 radical (unpaired) electrons. The number of amides is 1. The molecule has 0 saturated heterocycles. The monoisotopic (exact) mass is 301 g/mol. The van der Waals surface area contributed by atoms with Crippen LogP contribution in [0, 0.1) is 0 Å². The van der Waals surface area contributed by atoms with Crippen molar-refractivity contribution in [1.29, 1.82) is 0 Å². The van der Waals surface area contributed by atoms with Gasteiger partial charge < -0.3 is 11.1 Å². The van der Waals surface area contributed by atoms with Crippen LogP contribution in [0.15, 0.2) is 18.3 Å². The van der Waals surface area contributed by atoms with E-state index in [4.69, 9.17) is 18.0 Å². The largest absolute Gasteiger partial charge is 0.389 e. The van der Waals surface area contributed by atoms with Crippen molar-refractivity contribution >= 4 is 23.1 Å². The maximum atomic E-state index is 11.6. The minimum atomic E-state index is -0.244. The number of rotatable bonds is 3. The summed E-state index contributed by atoms with van der Waals surface area (Å²) < 4.78 is 1.55. The zero-order chi connectivity index (χ0) is 15.0. The summed E-state index contributed by atoms with van der Waals surface area (Å²) in [6.07, 6.45) is 4.73. The van der Waals surface area contributed by atoms with Gasteiger partial charge in [-0.1, -0.05) is 12.2 Å². The summed E-state index contributed by atoms with van der Waals surface area (Å²) >= 11 is 5.12. The predicted molar refractivity (Wildman–Crippen MR) is 82.7 cm³/mol. The molecule has 108 valence electrons. The van der Waals surface area contributed by atoms with Crippen LogP contribution in [0.4, 0.5) is 0 Å². The van der Waals surface area contributed by atoms with Crippen LogP contribution in [0.5, 0.6) is 0 Å². The van der Waals surface area contributed by atoms with Gasteiger partial charge in [0.2, 0.25) is 0 Å². The normalized spacial score (nSPS) is 13.0. The van der Waals surface area contributed by atoms with Crippen molar-refractivity contribution in [2.75, 3.05) is 7.05 Å². The van der Waals surface area contributed by atoms with Crippen LogP contribution in [-0.2, 0) is 12.8 Å². The number of nitrogens with zero attached hydrogens (tertiary/aromatic N) is 3. The zero-order valence-electron chi connectivity index (χ0n) is 11.6. The quantitative estimate of drug-likeness (QED) is 0.817. The first-order valence-corrected chi connectivity index (χ1v) is 7.11. The van der Waals surface area contributed by atoms with Crippen molar-refractivity contribution in [3.8, 4) is 5.82 Å². The first kappa shape index (κ1) is 13.7. The molecule has 1 amide bonds. The Bertz CT molecular complexity index is 737. The van der Waals surface area contributed by atoms with E-state index in [1.165, 1.54) is 5.56 Å². The van der Waals surface area contributed by atoms with Gasteiger partial charge in [0, 0.05) is 18.9 Å². The van der Waals surface area contributed by atoms with Gasteiger partial charge in [-0.3, -0.25) is 4.79 Å². The highest BCUT2D eigenvalue weighted by molar-refractivity contribution is 7.80. The maximum Gasteiger partial charge on any atom is 0.271 e. The van der Waals surface area contributed by atoms with Crippen LogP contribution in [-0.4, -0.2) is 32.7 Å². The van der Waals surface area contributed by atoms with Gasteiger partial charge in [-0.05, 0) is 37.0 Å². The molecule has 0 unspecified atom stereocenters. The number of pyridine rings is 1. The molecule has 6 nitrogen and oxygen atoms in total. The molecule has 2 aromatic heterocycles. The van der Waals surface area contributed by atoms with Crippen LogP contribution in [0.25, 0.3) is 5.82 Å². The third kappa shape index (κ3) is 2.40.